The fourth-order valence-corrected chi connectivity index (χ4v) is 2.32. The van der Waals surface area contributed by atoms with Crippen LogP contribution in [-0.2, 0) is 21.9 Å². The molecule has 0 aliphatic carbocycles. The first kappa shape index (κ1) is 18.7. The molecule has 0 unspecified atom stereocenters. The largest absolute Gasteiger partial charge is 0.453 e. The Morgan fingerprint density at radius 3 is 2.46 bits per heavy atom. The maximum Gasteiger partial charge on any atom is 0.453 e. The molecule has 0 atom stereocenters. The topological polar surface area (TPSA) is 75.2 Å². The fraction of sp³-hybridized carbons (Fsp3) is 0.429. The van der Waals surface area contributed by atoms with Crippen LogP contribution in [-0.4, -0.2) is 14.8 Å². The van der Waals surface area contributed by atoms with Crippen LogP contribution in [0, 0.1) is 5.92 Å². The molecule has 1 heterocycles. The van der Waals surface area contributed by atoms with Gasteiger partial charge in [0.15, 0.2) is 0 Å². The summed E-state index contributed by atoms with van der Waals surface area (Å²) in [7, 11) is 0. The van der Waals surface area contributed by atoms with Crippen molar-refractivity contribution in [2.45, 2.75) is 37.8 Å². The summed E-state index contributed by atoms with van der Waals surface area (Å²) >= 11 is 0.880. The summed E-state index contributed by atoms with van der Waals surface area (Å²) in [5, 5.41) is 3.62. The van der Waals surface area contributed by atoms with Crippen molar-refractivity contribution in [1.29, 1.82) is 0 Å². The van der Waals surface area contributed by atoms with Crippen LogP contribution in [0.5, 0.6) is 0 Å². The minimum absolute atomic E-state index is 0.276. The van der Waals surface area contributed by atoms with Crippen LogP contribution in [0.15, 0.2) is 29.2 Å². The first-order valence-electron chi connectivity index (χ1n) is 7.15. The van der Waals surface area contributed by atoms with Crippen molar-refractivity contribution in [2.24, 2.45) is 11.8 Å². The third kappa shape index (κ3) is 4.94. The van der Waals surface area contributed by atoms with Gasteiger partial charge >= 0.3 is 6.18 Å². The Bertz CT molecular complexity index is 659. The van der Waals surface area contributed by atoms with Crippen LogP contribution in [0.25, 0.3) is 5.69 Å². The highest BCUT2D eigenvalue weighted by Gasteiger charge is 2.37. The van der Waals surface area contributed by atoms with E-state index in [0.717, 1.165) is 12.0 Å². The average molecular weight is 362 g/mol. The monoisotopic (exact) mass is 362 g/mol. The Balaban J connectivity index is 2.30. The molecule has 132 valence electrons. The lowest BCUT2D eigenvalue weighted by atomic mass is 10.1. The minimum atomic E-state index is -4.58. The number of alkyl halides is 3. The predicted molar refractivity (Wildman–Crippen MR) is 81.7 cm³/mol. The van der Waals surface area contributed by atoms with Crippen LogP contribution >= 0.6 is 12.0 Å². The molecule has 6 nitrogen and oxygen atoms in total. The molecule has 0 bridgehead atoms. The number of benzene rings is 1. The van der Waals surface area contributed by atoms with Crippen molar-refractivity contribution >= 4 is 12.0 Å². The summed E-state index contributed by atoms with van der Waals surface area (Å²) < 4.78 is 44.5. The van der Waals surface area contributed by atoms with Crippen LogP contribution in [0.2, 0.25) is 0 Å². The molecule has 0 radical (unpaired) electrons. The van der Waals surface area contributed by atoms with Gasteiger partial charge in [-0.05, 0) is 36.6 Å². The Morgan fingerprint density at radius 1 is 1.25 bits per heavy atom. The molecule has 0 fully saturated rings. The Morgan fingerprint density at radius 2 is 1.92 bits per heavy atom. The number of nitrogens with zero attached hydrogens (tertiary/aromatic N) is 3. The minimum Gasteiger partial charge on any atom is -0.217 e. The lowest BCUT2D eigenvalue weighted by Gasteiger charge is -2.08. The lowest BCUT2D eigenvalue weighted by molar-refractivity contribution is -0.195. The molecule has 2 rings (SSSR count). The van der Waals surface area contributed by atoms with E-state index in [2.05, 4.69) is 19.4 Å². The number of hydrogen-bond acceptors (Lipinski definition) is 6. The number of halogens is 3. The Kier molecular flexibility index (Phi) is 6.21. The van der Waals surface area contributed by atoms with E-state index in [0.29, 0.717) is 29.3 Å². The number of hydrogen-bond donors (Lipinski definition) is 1. The normalized spacial score (nSPS) is 12.1. The zero-order valence-corrected chi connectivity index (χ0v) is 13.9. The summed E-state index contributed by atoms with van der Waals surface area (Å²) in [4.78, 5) is 8.32. The molecule has 2 aromatic rings. The molecule has 0 spiro atoms. The quantitative estimate of drug-likeness (QED) is 0.460. The van der Waals surface area contributed by atoms with Crippen LogP contribution in [0.3, 0.4) is 0 Å². The predicted octanol–water partition coefficient (Wildman–Crippen LogP) is 3.70. The highest BCUT2D eigenvalue weighted by molar-refractivity contribution is 7.94. The van der Waals surface area contributed by atoms with E-state index in [1.807, 2.05) is 13.8 Å². The van der Waals surface area contributed by atoms with Gasteiger partial charge in [-0.2, -0.15) is 19.1 Å². The van der Waals surface area contributed by atoms with E-state index in [4.69, 9.17) is 5.90 Å². The molecular weight excluding hydrogens is 345 g/mol. The zero-order chi connectivity index (χ0) is 17.7. The maximum absolute atomic E-state index is 12.9. The van der Waals surface area contributed by atoms with Crippen LogP contribution in [0.1, 0.15) is 31.9 Å². The molecule has 10 heteroatoms. The summed E-state index contributed by atoms with van der Waals surface area (Å²) in [6.07, 6.45) is -3.47. The van der Waals surface area contributed by atoms with Gasteiger partial charge in [0.2, 0.25) is 0 Å². The average Bonchev–Trinajstić information content (AvgIpc) is 2.96. The second-order valence-corrected chi connectivity index (χ2v) is 6.21. The van der Waals surface area contributed by atoms with Crippen molar-refractivity contribution in [3.05, 3.63) is 35.9 Å². The standard InChI is InChI=1S/C14H17F3N4O2S/c1-9(2)3-8-12-19-13(14(15,16)17)20-21(12)10-4-6-11(7-5-10)24-23-22-18/h4-7,9H,3,8,18H2,1-2H3. The number of aromatic nitrogens is 3. The van der Waals surface area contributed by atoms with Crippen molar-refractivity contribution < 1.29 is 22.5 Å². The van der Waals surface area contributed by atoms with Gasteiger partial charge in [0.25, 0.3) is 5.82 Å². The first-order chi connectivity index (χ1) is 11.3. The molecular formula is C14H17F3N4O2S. The van der Waals surface area contributed by atoms with Crippen molar-refractivity contribution in [3.63, 3.8) is 0 Å². The molecule has 2 N–H and O–H groups in total. The maximum atomic E-state index is 12.9. The number of nitrogens with two attached hydrogens (primary N) is 1. The van der Waals surface area contributed by atoms with E-state index in [-0.39, 0.29) is 5.82 Å². The van der Waals surface area contributed by atoms with Gasteiger partial charge in [0.1, 0.15) is 5.82 Å². The molecule has 1 aromatic heterocycles. The summed E-state index contributed by atoms with van der Waals surface area (Å²) in [6.45, 7) is 3.99. The first-order valence-corrected chi connectivity index (χ1v) is 7.89. The molecule has 24 heavy (non-hydrogen) atoms. The van der Waals surface area contributed by atoms with Crippen LogP contribution in [0.4, 0.5) is 13.2 Å². The van der Waals surface area contributed by atoms with E-state index >= 15 is 0 Å². The van der Waals surface area contributed by atoms with Gasteiger partial charge < -0.3 is 0 Å². The van der Waals surface area contributed by atoms with Gasteiger partial charge in [0, 0.05) is 11.3 Å². The second-order valence-electron chi connectivity index (χ2n) is 5.44. The van der Waals surface area contributed by atoms with E-state index in [1.54, 1.807) is 24.3 Å². The van der Waals surface area contributed by atoms with Crippen molar-refractivity contribution in [2.75, 3.05) is 0 Å². The lowest BCUT2D eigenvalue weighted by Crippen LogP contribution is -2.08. The SMILES string of the molecule is CC(C)CCc1nc(C(F)(F)F)nn1-c1ccc(SOON)cc1. The highest BCUT2D eigenvalue weighted by atomic mass is 32.2. The van der Waals surface area contributed by atoms with Crippen molar-refractivity contribution in [1.82, 2.24) is 14.8 Å². The van der Waals surface area contributed by atoms with Gasteiger partial charge in [-0.1, -0.05) is 13.8 Å². The fourth-order valence-electron chi connectivity index (χ4n) is 1.95. The number of aryl methyl sites for hydroxylation is 1. The van der Waals surface area contributed by atoms with E-state index < -0.39 is 12.0 Å². The molecule has 0 amide bonds. The zero-order valence-electron chi connectivity index (χ0n) is 13.1. The Labute approximate surface area is 141 Å². The molecule has 0 aliphatic heterocycles. The third-order valence-electron chi connectivity index (χ3n) is 3.12. The molecule has 1 aromatic carbocycles. The molecule has 0 saturated heterocycles. The Hall–Kier alpha value is -1.62. The highest BCUT2D eigenvalue weighted by Crippen LogP contribution is 2.28. The third-order valence-corrected chi connectivity index (χ3v) is 3.74. The smallest absolute Gasteiger partial charge is 0.217 e. The van der Waals surface area contributed by atoms with Gasteiger partial charge in [-0.25, -0.2) is 9.67 Å². The van der Waals surface area contributed by atoms with Gasteiger partial charge in [-0.3, -0.25) is 0 Å². The van der Waals surface area contributed by atoms with Crippen LogP contribution < -0.4 is 5.90 Å². The van der Waals surface area contributed by atoms with Gasteiger partial charge in [-0.15, -0.1) is 14.4 Å². The number of rotatable bonds is 7. The van der Waals surface area contributed by atoms with E-state index in [9.17, 15) is 13.2 Å². The molecule has 0 saturated carbocycles. The van der Waals surface area contributed by atoms with Crippen molar-refractivity contribution in [3.8, 4) is 5.69 Å². The summed E-state index contributed by atoms with van der Waals surface area (Å²) in [5.74, 6) is 4.23. The second kappa shape index (κ2) is 7.97. The summed E-state index contributed by atoms with van der Waals surface area (Å²) in [5.41, 5.74) is 0.481. The summed E-state index contributed by atoms with van der Waals surface area (Å²) in [6, 6.07) is 6.55. The molecule has 0 aliphatic rings. The van der Waals surface area contributed by atoms with Gasteiger partial charge in [0.05, 0.1) is 17.7 Å². The van der Waals surface area contributed by atoms with E-state index in [1.165, 1.54) is 4.68 Å².